The second kappa shape index (κ2) is 12.3. The van der Waals surface area contributed by atoms with Crippen LogP contribution in [0, 0.1) is 0 Å². The van der Waals surface area contributed by atoms with E-state index in [1.54, 1.807) is 0 Å². The molecule has 0 amide bonds. The summed E-state index contributed by atoms with van der Waals surface area (Å²) < 4.78 is 11.1. The van der Waals surface area contributed by atoms with Gasteiger partial charge >= 0.3 is 11.9 Å². The van der Waals surface area contributed by atoms with E-state index in [1.807, 2.05) is 31.2 Å². The number of aliphatic carboxylic acids is 2. The van der Waals surface area contributed by atoms with Crippen molar-refractivity contribution in [3.63, 3.8) is 0 Å². The molecule has 1 aromatic rings. The molecule has 130 valence electrons. The summed E-state index contributed by atoms with van der Waals surface area (Å²) in [6, 6.07) is 7.80. The molecule has 1 aromatic carbocycles. The number of benzene rings is 1. The second-order valence-corrected chi connectivity index (χ2v) is 4.39. The molecule has 0 unspecified atom stereocenters. The highest BCUT2D eigenvalue weighted by atomic mass is 16.5. The van der Waals surface area contributed by atoms with Gasteiger partial charge in [0.05, 0.1) is 6.61 Å². The normalized spacial score (nSPS) is 9.74. The highest BCUT2D eigenvalue weighted by Gasteiger charge is 2.04. The summed E-state index contributed by atoms with van der Waals surface area (Å²) in [7, 11) is 0. The number of hydrogen-bond donors (Lipinski definition) is 2. The Morgan fingerprint density at radius 1 is 1.00 bits per heavy atom. The van der Waals surface area contributed by atoms with Gasteiger partial charge in [0.1, 0.15) is 18.1 Å². The van der Waals surface area contributed by atoms with Crippen molar-refractivity contribution in [1.82, 2.24) is 4.90 Å². The molecule has 7 nitrogen and oxygen atoms in total. The smallest absolute Gasteiger partial charge is 0.414 e. The molecule has 0 atom stereocenters. The fraction of sp³-hybridized carbons (Fsp3) is 0.500. The molecule has 0 radical (unpaired) electrons. The van der Waals surface area contributed by atoms with Gasteiger partial charge in [0, 0.05) is 12.6 Å². The van der Waals surface area contributed by atoms with E-state index < -0.39 is 11.9 Å². The predicted molar refractivity (Wildman–Crippen MR) is 86.2 cm³/mol. The second-order valence-electron chi connectivity index (χ2n) is 4.39. The average Bonchev–Trinajstić information content (AvgIpc) is 2.53. The van der Waals surface area contributed by atoms with Crippen LogP contribution in [0.5, 0.6) is 11.5 Å². The maximum atomic E-state index is 9.10. The molecular weight excluding hydrogens is 302 g/mol. The van der Waals surface area contributed by atoms with E-state index in [4.69, 9.17) is 29.3 Å². The Hall–Kier alpha value is -2.28. The Kier molecular flexibility index (Phi) is 11.1. The minimum atomic E-state index is -1.82. The molecular formula is C16H25NO6. The number of carboxylic acid groups (broad SMARTS) is 2. The monoisotopic (exact) mass is 327 g/mol. The van der Waals surface area contributed by atoms with Crippen molar-refractivity contribution in [3.05, 3.63) is 24.3 Å². The summed E-state index contributed by atoms with van der Waals surface area (Å²) in [5, 5.41) is 14.8. The van der Waals surface area contributed by atoms with Gasteiger partial charge in [-0.3, -0.25) is 0 Å². The van der Waals surface area contributed by atoms with E-state index in [0.717, 1.165) is 37.7 Å². The standard InChI is InChI=1S/C14H23NO2.C2H2O4/c1-4-15(5-2)10-11-17-14-9-7-8-13(12-14)16-6-3;3-1(4)2(5)6/h7-9,12H,4-6,10-11H2,1-3H3;(H,3,4)(H,5,6). The molecule has 0 aliphatic heterocycles. The minimum Gasteiger partial charge on any atom is -0.494 e. The Morgan fingerprint density at radius 3 is 1.96 bits per heavy atom. The lowest BCUT2D eigenvalue weighted by atomic mass is 10.3. The fourth-order valence-electron chi connectivity index (χ4n) is 1.65. The topological polar surface area (TPSA) is 96.3 Å². The van der Waals surface area contributed by atoms with E-state index >= 15 is 0 Å². The molecule has 0 aromatic heterocycles. The molecule has 0 saturated carbocycles. The van der Waals surface area contributed by atoms with Crippen LogP contribution >= 0.6 is 0 Å². The molecule has 0 aliphatic carbocycles. The first kappa shape index (κ1) is 20.7. The van der Waals surface area contributed by atoms with Crippen LogP contribution in [0.4, 0.5) is 0 Å². The number of nitrogens with zero attached hydrogens (tertiary/aromatic N) is 1. The largest absolute Gasteiger partial charge is 0.494 e. The molecule has 2 N–H and O–H groups in total. The number of ether oxygens (including phenoxy) is 2. The van der Waals surface area contributed by atoms with Crippen LogP contribution in [0.15, 0.2) is 24.3 Å². The van der Waals surface area contributed by atoms with Gasteiger partial charge in [-0.25, -0.2) is 9.59 Å². The highest BCUT2D eigenvalue weighted by molar-refractivity contribution is 6.27. The zero-order valence-electron chi connectivity index (χ0n) is 13.8. The number of carboxylic acids is 2. The van der Waals surface area contributed by atoms with Crippen molar-refractivity contribution in [2.45, 2.75) is 20.8 Å². The summed E-state index contributed by atoms with van der Waals surface area (Å²) >= 11 is 0. The lowest BCUT2D eigenvalue weighted by Crippen LogP contribution is -2.27. The third-order valence-electron chi connectivity index (χ3n) is 2.87. The van der Waals surface area contributed by atoms with Gasteiger partial charge in [0.25, 0.3) is 0 Å². The molecule has 7 heteroatoms. The zero-order valence-corrected chi connectivity index (χ0v) is 13.8. The number of likely N-dealkylation sites (N-methyl/N-ethyl adjacent to an activating group) is 1. The van der Waals surface area contributed by atoms with Crippen molar-refractivity contribution >= 4 is 11.9 Å². The van der Waals surface area contributed by atoms with Crippen molar-refractivity contribution in [1.29, 1.82) is 0 Å². The Labute approximate surface area is 136 Å². The summed E-state index contributed by atoms with van der Waals surface area (Å²) in [6.07, 6.45) is 0. The zero-order chi connectivity index (χ0) is 17.7. The first-order valence-electron chi connectivity index (χ1n) is 7.48. The van der Waals surface area contributed by atoms with Gasteiger partial charge in [-0.05, 0) is 32.1 Å². The summed E-state index contributed by atoms with van der Waals surface area (Å²) in [6.45, 7) is 10.8. The summed E-state index contributed by atoms with van der Waals surface area (Å²) in [5.74, 6) is -1.90. The summed E-state index contributed by atoms with van der Waals surface area (Å²) in [5.41, 5.74) is 0. The van der Waals surface area contributed by atoms with Crippen LogP contribution in [0.3, 0.4) is 0 Å². The van der Waals surface area contributed by atoms with Gasteiger partial charge in [0.2, 0.25) is 0 Å². The first-order valence-corrected chi connectivity index (χ1v) is 7.48. The van der Waals surface area contributed by atoms with Crippen LogP contribution in [-0.2, 0) is 9.59 Å². The molecule has 0 bridgehead atoms. The van der Waals surface area contributed by atoms with Gasteiger partial charge in [-0.15, -0.1) is 0 Å². The lowest BCUT2D eigenvalue weighted by Gasteiger charge is -2.18. The van der Waals surface area contributed by atoms with Gasteiger partial charge < -0.3 is 24.6 Å². The van der Waals surface area contributed by atoms with Gasteiger partial charge in [-0.1, -0.05) is 19.9 Å². The van der Waals surface area contributed by atoms with Crippen molar-refractivity contribution in [3.8, 4) is 11.5 Å². The Morgan fingerprint density at radius 2 is 1.52 bits per heavy atom. The highest BCUT2D eigenvalue weighted by Crippen LogP contribution is 2.19. The van der Waals surface area contributed by atoms with Crippen molar-refractivity contribution in [2.24, 2.45) is 0 Å². The number of hydrogen-bond acceptors (Lipinski definition) is 5. The molecule has 0 saturated heterocycles. The van der Waals surface area contributed by atoms with Crippen LogP contribution < -0.4 is 9.47 Å². The molecule has 1 rings (SSSR count). The van der Waals surface area contributed by atoms with E-state index in [2.05, 4.69) is 18.7 Å². The maximum absolute atomic E-state index is 9.10. The molecule has 0 heterocycles. The van der Waals surface area contributed by atoms with Gasteiger partial charge in [0.15, 0.2) is 0 Å². The molecule has 0 spiro atoms. The summed E-state index contributed by atoms with van der Waals surface area (Å²) in [4.78, 5) is 20.5. The Bertz CT molecular complexity index is 461. The van der Waals surface area contributed by atoms with Crippen LogP contribution in [0.25, 0.3) is 0 Å². The van der Waals surface area contributed by atoms with Crippen LogP contribution in [0.2, 0.25) is 0 Å². The maximum Gasteiger partial charge on any atom is 0.414 e. The first-order chi connectivity index (χ1) is 10.9. The third-order valence-corrected chi connectivity index (χ3v) is 2.87. The van der Waals surface area contributed by atoms with E-state index in [1.165, 1.54) is 0 Å². The minimum absolute atomic E-state index is 0.683. The van der Waals surface area contributed by atoms with Crippen molar-refractivity contribution in [2.75, 3.05) is 32.8 Å². The van der Waals surface area contributed by atoms with E-state index in [-0.39, 0.29) is 0 Å². The van der Waals surface area contributed by atoms with Crippen LogP contribution in [0.1, 0.15) is 20.8 Å². The van der Waals surface area contributed by atoms with Crippen molar-refractivity contribution < 1.29 is 29.3 Å². The fourth-order valence-corrected chi connectivity index (χ4v) is 1.65. The quantitative estimate of drug-likeness (QED) is 0.705. The SMILES string of the molecule is CCOc1cccc(OCCN(CC)CC)c1.O=C(O)C(=O)O. The molecule has 23 heavy (non-hydrogen) atoms. The van der Waals surface area contributed by atoms with Crippen LogP contribution in [-0.4, -0.2) is 59.9 Å². The third kappa shape index (κ3) is 10.1. The van der Waals surface area contributed by atoms with E-state index in [9.17, 15) is 0 Å². The predicted octanol–water partition coefficient (Wildman–Crippen LogP) is 1.96. The number of rotatable bonds is 8. The van der Waals surface area contributed by atoms with Gasteiger partial charge in [-0.2, -0.15) is 0 Å². The Balaban J connectivity index is 0.000000688. The lowest BCUT2D eigenvalue weighted by molar-refractivity contribution is -0.159. The molecule has 0 fully saturated rings. The average molecular weight is 327 g/mol. The number of carbonyl (C=O) groups is 2. The molecule has 0 aliphatic rings. The van der Waals surface area contributed by atoms with E-state index in [0.29, 0.717) is 6.61 Å².